The largest absolute Gasteiger partial charge is 0.435 e. The van der Waals surface area contributed by atoms with Gasteiger partial charge in [0.05, 0.1) is 20.6 Å². The molecule has 164 valence electrons. The van der Waals surface area contributed by atoms with Crippen molar-refractivity contribution in [2.24, 2.45) is 10.1 Å². The Morgan fingerprint density at radius 1 is 1.03 bits per heavy atom. The smallest absolute Gasteiger partial charge is 0.387 e. The van der Waals surface area contributed by atoms with Gasteiger partial charge in [0.15, 0.2) is 5.82 Å². The van der Waals surface area contributed by atoms with E-state index in [1.54, 1.807) is 12.1 Å². The zero-order valence-electron chi connectivity index (χ0n) is 15.9. The summed E-state index contributed by atoms with van der Waals surface area (Å²) in [5.41, 5.74) is 1.33. The topological polar surface area (TPSA) is 38.9 Å². The lowest BCUT2D eigenvalue weighted by Crippen LogP contribution is -2.11. The van der Waals surface area contributed by atoms with Crippen molar-refractivity contribution in [2.75, 3.05) is 0 Å². The summed E-state index contributed by atoms with van der Waals surface area (Å²) < 4.78 is 58.8. The van der Waals surface area contributed by atoms with E-state index in [9.17, 15) is 17.6 Å². The first-order valence-corrected chi connectivity index (χ1v) is 11.4. The Hall–Kier alpha value is -2.76. The van der Waals surface area contributed by atoms with Crippen LogP contribution in [0.25, 0.3) is 10.6 Å². The molecule has 0 aliphatic rings. The van der Waals surface area contributed by atoms with Crippen LogP contribution in [-0.2, 0) is 0 Å². The van der Waals surface area contributed by atoms with Crippen LogP contribution in [0.1, 0.15) is 5.56 Å². The number of nitrogens with zero attached hydrogens (tertiary/aromatic N) is 3. The van der Waals surface area contributed by atoms with Gasteiger partial charge in [0.25, 0.3) is 0 Å². The van der Waals surface area contributed by atoms with Gasteiger partial charge in [0.2, 0.25) is 4.80 Å². The molecule has 2 aromatic heterocycles. The molecule has 2 heterocycles. The van der Waals surface area contributed by atoms with Crippen molar-refractivity contribution in [1.29, 1.82) is 0 Å². The first-order valence-electron chi connectivity index (χ1n) is 8.94. The molecule has 0 aliphatic carbocycles. The van der Waals surface area contributed by atoms with Crippen molar-refractivity contribution in [3.05, 3.63) is 85.8 Å². The molecular formula is C21H12BrF4N3OS2. The Labute approximate surface area is 195 Å². The van der Waals surface area contributed by atoms with Crippen LogP contribution in [0.2, 0.25) is 0 Å². The zero-order chi connectivity index (χ0) is 22.7. The molecule has 0 saturated carbocycles. The van der Waals surface area contributed by atoms with Gasteiger partial charge >= 0.3 is 6.61 Å². The van der Waals surface area contributed by atoms with Crippen molar-refractivity contribution in [1.82, 2.24) is 4.68 Å². The van der Waals surface area contributed by atoms with Crippen LogP contribution in [0.15, 0.2) is 73.9 Å². The predicted octanol–water partition coefficient (Wildman–Crippen LogP) is 7.03. The molecule has 0 bridgehead atoms. The number of benzene rings is 2. The fourth-order valence-corrected chi connectivity index (χ4v) is 4.95. The molecule has 0 atom stereocenters. The van der Waals surface area contributed by atoms with Crippen LogP contribution in [0.4, 0.5) is 23.2 Å². The molecule has 0 aliphatic heterocycles. The third kappa shape index (κ3) is 5.34. The van der Waals surface area contributed by atoms with Crippen molar-refractivity contribution in [3.8, 4) is 16.3 Å². The van der Waals surface area contributed by atoms with E-state index in [2.05, 4.69) is 30.8 Å². The summed E-state index contributed by atoms with van der Waals surface area (Å²) in [7, 11) is 0. The third-order valence-corrected chi connectivity index (χ3v) is 6.53. The van der Waals surface area contributed by atoms with Crippen LogP contribution in [0.3, 0.4) is 0 Å². The SMILES string of the molecule is Fc1ccc(N=c2scc(-c3ccc(Br)s3)n2/N=C/c2ccc(OC(F)F)cc2)c(F)c1. The van der Waals surface area contributed by atoms with Crippen LogP contribution in [0, 0.1) is 11.6 Å². The van der Waals surface area contributed by atoms with Crippen molar-refractivity contribution >= 4 is 50.5 Å². The second-order valence-corrected chi connectivity index (χ2v) is 9.52. The lowest BCUT2D eigenvalue weighted by atomic mass is 10.2. The molecule has 4 nitrogen and oxygen atoms in total. The van der Waals surface area contributed by atoms with Crippen LogP contribution < -0.4 is 9.54 Å². The van der Waals surface area contributed by atoms with E-state index >= 15 is 0 Å². The van der Waals surface area contributed by atoms with Gasteiger partial charge in [0, 0.05) is 11.4 Å². The average molecular weight is 542 g/mol. The average Bonchev–Trinajstić information content (AvgIpc) is 3.35. The summed E-state index contributed by atoms with van der Waals surface area (Å²) in [6, 6.07) is 12.9. The molecule has 4 aromatic rings. The third-order valence-electron chi connectivity index (χ3n) is 4.06. The zero-order valence-corrected chi connectivity index (χ0v) is 19.1. The van der Waals surface area contributed by atoms with Crippen LogP contribution in [-0.4, -0.2) is 17.5 Å². The number of hydrogen-bond acceptors (Lipinski definition) is 5. The molecule has 0 spiro atoms. The number of rotatable bonds is 6. The molecule has 0 N–H and O–H groups in total. The normalized spacial score (nSPS) is 12.2. The number of aromatic nitrogens is 1. The number of ether oxygens (including phenoxy) is 1. The van der Waals surface area contributed by atoms with Crippen molar-refractivity contribution < 1.29 is 22.3 Å². The van der Waals surface area contributed by atoms with E-state index in [1.165, 1.54) is 51.8 Å². The highest BCUT2D eigenvalue weighted by Gasteiger charge is 2.11. The molecule has 0 amide bonds. The first kappa shape index (κ1) is 22.4. The number of hydrogen-bond donors (Lipinski definition) is 0. The predicted molar refractivity (Wildman–Crippen MR) is 121 cm³/mol. The summed E-state index contributed by atoms with van der Waals surface area (Å²) in [6.07, 6.45) is 1.52. The molecule has 32 heavy (non-hydrogen) atoms. The molecule has 2 aromatic carbocycles. The number of thiazole rings is 1. The number of halogens is 5. The summed E-state index contributed by atoms with van der Waals surface area (Å²) in [6.45, 7) is -2.90. The van der Waals surface area contributed by atoms with Gasteiger partial charge in [0.1, 0.15) is 17.3 Å². The maximum absolute atomic E-state index is 14.1. The summed E-state index contributed by atoms with van der Waals surface area (Å²) >= 11 is 6.16. The maximum atomic E-state index is 14.1. The summed E-state index contributed by atoms with van der Waals surface area (Å²) in [5.74, 6) is -1.45. The van der Waals surface area contributed by atoms with Gasteiger partial charge in [-0.25, -0.2) is 18.4 Å². The standard InChI is InChI=1S/C21H12BrF4N3OS2/c22-19-8-7-18(32-19)17-11-31-21(28-16-6-3-13(23)9-15(16)24)29(17)27-10-12-1-4-14(5-2-12)30-20(25)26/h1-11,20H/b27-10+,28-21?. The maximum Gasteiger partial charge on any atom is 0.387 e. The van der Waals surface area contributed by atoms with Crippen molar-refractivity contribution in [3.63, 3.8) is 0 Å². The Morgan fingerprint density at radius 2 is 1.81 bits per heavy atom. The highest BCUT2D eigenvalue weighted by molar-refractivity contribution is 9.11. The Bertz CT molecular complexity index is 1330. The van der Waals surface area contributed by atoms with E-state index in [0.29, 0.717) is 10.4 Å². The fraction of sp³-hybridized carbons (Fsp3) is 0.0476. The fourth-order valence-electron chi connectivity index (χ4n) is 2.65. The Kier molecular flexibility index (Phi) is 6.87. The number of thiophene rings is 1. The highest BCUT2D eigenvalue weighted by atomic mass is 79.9. The van der Waals surface area contributed by atoms with E-state index in [1.807, 2.05) is 17.5 Å². The van der Waals surface area contributed by atoms with E-state index in [-0.39, 0.29) is 11.4 Å². The van der Waals surface area contributed by atoms with Gasteiger partial charge in [-0.2, -0.15) is 13.9 Å². The summed E-state index contributed by atoms with van der Waals surface area (Å²) in [4.78, 5) is 5.57. The van der Waals surface area contributed by atoms with Gasteiger partial charge in [-0.1, -0.05) is 0 Å². The van der Waals surface area contributed by atoms with Crippen LogP contribution in [0.5, 0.6) is 5.75 Å². The minimum atomic E-state index is -2.90. The first-order chi connectivity index (χ1) is 15.4. The molecule has 11 heteroatoms. The van der Waals surface area contributed by atoms with E-state index in [4.69, 9.17) is 0 Å². The lowest BCUT2D eigenvalue weighted by molar-refractivity contribution is -0.0498. The molecule has 4 rings (SSSR count). The molecular weight excluding hydrogens is 530 g/mol. The molecule has 0 radical (unpaired) electrons. The highest BCUT2D eigenvalue weighted by Crippen LogP contribution is 2.32. The minimum Gasteiger partial charge on any atom is -0.435 e. The van der Waals surface area contributed by atoms with Crippen molar-refractivity contribution in [2.45, 2.75) is 6.61 Å². The van der Waals surface area contributed by atoms with Gasteiger partial charge in [-0.3, -0.25) is 0 Å². The Balaban J connectivity index is 1.75. The van der Waals surface area contributed by atoms with Crippen LogP contribution >= 0.6 is 38.6 Å². The second-order valence-electron chi connectivity index (χ2n) is 6.22. The molecule has 0 saturated heterocycles. The minimum absolute atomic E-state index is 0.0235. The molecule has 0 unspecified atom stereocenters. The lowest BCUT2D eigenvalue weighted by Gasteiger charge is -2.04. The Morgan fingerprint density at radius 3 is 2.47 bits per heavy atom. The van der Waals surface area contributed by atoms with Gasteiger partial charge < -0.3 is 4.74 Å². The van der Waals surface area contributed by atoms with Gasteiger partial charge in [-0.15, -0.1) is 22.7 Å². The molecule has 0 fully saturated rings. The second kappa shape index (κ2) is 9.80. The van der Waals surface area contributed by atoms with E-state index in [0.717, 1.165) is 26.5 Å². The quantitative estimate of drug-likeness (QED) is 0.190. The van der Waals surface area contributed by atoms with E-state index < -0.39 is 18.2 Å². The monoisotopic (exact) mass is 541 g/mol. The summed E-state index contributed by atoms with van der Waals surface area (Å²) in [5, 5.41) is 6.30. The number of alkyl halides is 2. The van der Waals surface area contributed by atoms with Gasteiger partial charge in [-0.05, 0) is 70.0 Å².